The van der Waals surface area contributed by atoms with Crippen LogP contribution in [-0.4, -0.2) is 49.9 Å². The third-order valence-corrected chi connectivity index (χ3v) is 9.63. The Bertz CT molecular complexity index is 1370. The molecule has 1 N–H and O–H groups in total. The molecule has 4 aliphatic rings. The fourth-order valence-corrected chi connectivity index (χ4v) is 7.69. The molecule has 7 rings (SSSR count). The lowest BCUT2D eigenvalue weighted by Crippen LogP contribution is -2.38. The minimum Gasteiger partial charge on any atom is -0.365 e. The van der Waals surface area contributed by atoms with E-state index >= 15 is 0 Å². The summed E-state index contributed by atoms with van der Waals surface area (Å²) < 4.78 is 0. The van der Waals surface area contributed by atoms with Crippen LogP contribution in [-0.2, 0) is 32.2 Å². The lowest BCUT2D eigenvalue weighted by Gasteiger charge is -2.36. The van der Waals surface area contributed by atoms with Gasteiger partial charge in [0, 0.05) is 41.5 Å². The summed E-state index contributed by atoms with van der Waals surface area (Å²) in [6, 6.07) is 10.9. The predicted octanol–water partition coefficient (Wildman–Crippen LogP) is 6.08. The second-order valence-corrected chi connectivity index (χ2v) is 11.8. The zero-order valence-corrected chi connectivity index (χ0v) is 23.3. The average Bonchev–Trinajstić information content (AvgIpc) is 3.56. The van der Waals surface area contributed by atoms with E-state index in [9.17, 15) is 0 Å². The fraction of sp³-hybridized carbons (Fsp3) is 0.485. The van der Waals surface area contributed by atoms with Gasteiger partial charge in [0.05, 0.1) is 24.1 Å². The molecule has 39 heavy (non-hydrogen) atoms. The van der Waals surface area contributed by atoms with Gasteiger partial charge in [0.2, 0.25) is 0 Å². The van der Waals surface area contributed by atoms with Crippen LogP contribution in [0.3, 0.4) is 0 Å². The van der Waals surface area contributed by atoms with Gasteiger partial charge in [-0.15, -0.1) is 0 Å². The van der Waals surface area contributed by atoms with Crippen LogP contribution in [0.2, 0.25) is 0 Å². The van der Waals surface area contributed by atoms with E-state index in [0.717, 1.165) is 62.5 Å². The van der Waals surface area contributed by atoms with Gasteiger partial charge < -0.3 is 10.2 Å². The molecule has 0 spiro atoms. The van der Waals surface area contributed by atoms with Gasteiger partial charge in [0.15, 0.2) is 0 Å². The Morgan fingerprint density at radius 3 is 2.72 bits per heavy atom. The third kappa shape index (κ3) is 4.63. The summed E-state index contributed by atoms with van der Waals surface area (Å²) in [5.41, 5.74) is 9.66. The Morgan fingerprint density at radius 2 is 1.90 bits per heavy atom. The first kappa shape index (κ1) is 24.8. The number of pyridine rings is 1. The van der Waals surface area contributed by atoms with Crippen molar-refractivity contribution in [1.29, 1.82) is 0 Å². The standard InChI is InChI=1S/C33H40N6/c1-2-24-8-3-9-25-10-4-12-29(31(24)25)38-21-14-27-28(23-38)36-30(37-32(27)35-26-11-5-18-34-22-26)13-17-33-15-6-19-39(33)20-7-16-33/h3,5,8-9,11-12,18,22H,2,4,6-7,10,13-17,19-21,23H2,1H3,(H,35,36,37). The number of aromatic nitrogens is 3. The molecule has 6 nitrogen and oxygen atoms in total. The molecular weight excluding hydrogens is 480 g/mol. The van der Waals surface area contributed by atoms with E-state index in [2.05, 4.69) is 57.4 Å². The zero-order chi connectivity index (χ0) is 26.2. The lowest BCUT2D eigenvalue weighted by molar-refractivity contribution is 0.181. The SMILES string of the molecule is CCc1cccc2c1C(N1CCc3c(nc(CCC45CCCN4CCC5)nc3Nc3cccnc3)C1)=CCC2. The molecule has 1 aromatic carbocycles. The second-order valence-electron chi connectivity index (χ2n) is 11.8. The maximum Gasteiger partial charge on any atom is 0.137 e. The van der Waals surface area contributed by atoms with Crippen molar-refractivity contribution in [3.8, 4) is 0 Å². The van der Waals surface area contributed by atoms with Crippen LogP contribution in [0.5, 0.6) is 0 Å². The fourth-order valence-electron chi connectivity index (χ4n) is 7.69. The molecular formula is C33H40N6. The molecule has 0 saturated carbocycles. The van der Waals surface area contributed by atoms with E-state index in [1.807, 2.05) is 18.5 Å². The van der Waals surface area contributed by atoms with Crippen molar-refractivity contribution in [1.82, 2.24) is 24.8 Å². The Kier molecular flexibility index (Phi) is 6.59. The Labute approximate surface area is 232 Å². The highest BCUT2D eigenvalue weighted by molar-refractivity contribution is 5.72. The number of nitrogens with zero attached hydrogens (tertiary/aromatic N) is 5. The minimum absolute atomic E-state index is 0.384. The van der Waals surface area contributed by atoms with Crippen molar-refractivity contribution < 1.29 is 0 Å². The van der Waals surface area contributed by atoms with Crippen molar-refractivity contribution in [3.63, 3.8) is 0 Å². The van der Waals surface area contributed by atoms with E-state index in [4.69, 9.17) is 9.97 Å². The average molecular weight is 521 g/mol. The third-order valence-electron chi connectivity index (χ3n) is 9.63. The van der Waals surface area contributed by atoms with Crippen LogP contribution in [0.1, 0.15) is 79.2 Å². The molecule has 5 heterocycles. The van der Waals surface area contributed by atoms with Crippen molar-refractivity contribution in [2.24, 2.45) is 0 Å². The van der Waals surface area contributed by atoms with E-state index in [0.29, 0.717) is 5.54 Å². The summed E-state index contributed by atoms with van der Waals surface area (Å²) in [4.78, 5) is 20.1. The van der Waals surface area contributed by atoms with E-state index in [1.165, 1.54) is 78.8 Å². The molecule has 2 aromatic heterocycles. The molecule has 0 atom stereocenters. The molecule has 1 aliphatic carbocycles. The van der Waals surface area contributed by atoms with Gasteiger partial charge in [0.25, 0.3) is 0 Å². The molecule has 202 valence electrons. The summed E-state index contributed by atoms with van der Waals surface area (Å²) >= 11 is 0. The van der Waals surface area contributed by atoms with Gasteiger partial charge in [-0.25, -0.2) is 9.97 Å². The lowest BCUT2D eigenvalue weighted by atomic mass is 9.88. The highest BCUT2D eigenvalue weighted by atomic mass is 15.2. The van der Waals surface area contributed by atoms with Crippen LogP contribution in [0.25, 0.3) is 5.70 Å². The number of aryl methyl sites for hydroxylation is 3. The maximum atomic E-state index is 5.28. The largest absolute Gasteiger partial charge is 0.365 e. The van der Waals surface area contributed by atoms with Crippen molar-refractivity contribution in [2.45, 2.75) is 83.2 Å². The minimum atomic E-state index is 0.384. The van der Waals surface area contributed by atoms with Crippen LogP contribution < -0.4 is 5.32 Å². The number of nitrogens with one attached hydrogen (secondary N) is 1. The van der Waals surface area contributed by atoms with Gasteiger partial charge in [-0.2, -0.15) is 0 Å². The van der Waals surface area contributed by atoms with Gasteiger partial charge in [-0.05, 0) is 94.1 Å². The zero-order valence-electron chi connectivity index (χ0n) is 23.3. The summed E-state index contributed by atoms with van der Waals surface area (Å²) in [7, 11) is 0. The topological polar surface area (TPSA) is 57.2 Å². The number of benzene rings is 1. The summed E-state index contributed by atoms with van der Waals surface area (Å²) in [5, 5.41) is 3.62. The molecule has 6 heteroatoms. The Balaban J connectivity index is 1.21. The normalized spacial score (nSPS) is 19.8. The number of rotatable bonds is 7. The van der Waals surface area contributed by atoms with Gasteiger partial charge in [-0.3, -0.25) is 9.88 Å². The smallest absolute Gasteiger partial charge is 0.137 e. The number of allylic oxidation sites excluding steroid dienone is 1. The molecule has 3 aromatic rings. The van der Waals surface area contributed by atoms with E-state index in [-0.39, 0.29) is 0 Å². The predicted molar refractivity (Wildman–Crippen MR) is 157 cm³/mol. The first-order valence-corrected chi connectivity index (χ1v) is 15.1. The highest BCUT2D eigenvalue weighted by Crippen LogP contribution is 2.42. The monoisotopic (exact) mass is 520 g/mol. The molecule has 2 fully saturated rings. The van der Waals surface area contributed by atoms with E-state index in [1.54, 1.807) is 0 Å². The summed E-state index contributed by atoms with van der Waals surface area (Å²) in [6.07, 6.45) is 17.9. The van der Waals surface area contributed by atoms with Gasteiger partial charge in [-0.1, -0.05) is 31.2 Å². The van der Waals surface area contributed by atoms with Crippen molar-refractivity contribution in [2.75, 3.05) is 25.0 Å². The van der Waals surface area contributed by atoms with Gasteiger partial charge in [0.1, 0.15) is 11.6 Å². The summed E-state index contributed by atoms with van der Waals surface area (Å²) in [6.45, 7) is 6.64. The van der Waals surface area contributed by atoms with Crippen molar-refractivity contribution >= 4 is 17.2 Å². The number of hydrogen-bond donors (Lipinski definition) is 1. The molecule has 0 radical (unpaired) electrons. The Morgan fingerprint density at radius 1 is 1.00 bits per heavy atom. The number of anilines is 2. The van der Waals surface area contributed by atoms with Gasteiger partial charge >= 0.3 is 0 Å². The molecule has 3 aliphatic heterocycles. The first-order chi connectivity index (χ1) is 19.2. The quantitative estimate of drug-likeness (QED) is 0.407. The van der Waals surface area contributed by atoms with Crippen LogP contribution in [0, 0.1) is 0 Å². The number of fused-ring (bicyclic) bond motifs is 3. The van der Waals surface area contributed by atoms with Crippen LogP contribution >= 0.6 is 0 Å². The molecule has 0 amide bonds. The Hall–Kier alpha value is -3.25. The summed E-state index contributed by atoms with van der Waals surface area (Å²) in [5.74, 6) is 1.96. The molecule has 2 saturated heterocycles. The number of hydrogen-bond acceptors (Lipinski definition) is 6. The molecule has 0 bridgehead atoms. The highest BCUT2D eigenvalue weighted by Gasteiger charge is 2.43. The second kappa shape index (κ2) is 10.4. The maximum absolute atomic E-state index is 5.28. The van der Waals surface area contributed by atoms with Crippen LogP contribution in [0.4, 0.5) is 11.5 Å². The molecule has 0 unspecified atom stereocenters. The first-order valence-electron chi connectivity index (χ1n) is 15.1. The van der Waals surface area contributed by atoms with Crippen LogP contribution in [0.15, 0.2) is 48.8 Å². The van der Waals surface area contributed by atoms with E-state index < -0.39 is 0 Å². The van der Waals surface area contributed by atoms with Crippen molar-refractivity contribution in [3.05, 3.63) is 82.6 Å².